The number of methoxy groups -OCH3 is 1. The van der Waals surface area contributed by atoms with Crippen LogP contribution in [0.15, 0.2) is 29.8 Å². The van der Waals surface area contributed by atoms with Crippen molar-refractivity contribution in [2.75, 3.05) is 20.3 Å². The summed E-state index contributed by atoms with van der Waals surface area (Å²) in [6.07, 6.45) is 3.59. The van der Waals surface area contributed by atoms with Crippen LogP contribution in [0.25, 0.3) is 6.08 Å². The van der Waals surface area contributed by atoms with Gasteiger partial charge in [-0.15, -0.1) is 0 Å². The molecule has 1 fully saturated rings. The summed E-state index contributed by atoms with van der Waals surface area (Å²) < 4.78 is 10.5. The van der Waals surface area contributed by atoms with Gasteiger partial charge in [0.1, 0.15) is 17.4 Å². The van der Waals surface area contributed by atoms with E-state index < -0.39 is 0 Å². The third kappa shape index (κ3) is 4.33. The van der Waals surface area contributed by atoms with E-state index in [9.17, 15) is 4.79 Å². The Morgan fingerprint density at radius 2 is 2.29 bits per heavy atom. The van der Waals surface area contributed by atoms with Crippen LogP contribution < -0.4 is 10.1 Å². The molecule has 5 heteroatoms. The molecule has 0 radical (unpaired) electrons. The second kappa shape index (κ2) is 7.46. The van der Waals surface area contributed by atoms with Crippen LogP contribution in [0.2, 0.25) is 0 Å². The predicted octanol–water partition coefficient (Wildman–Crippen LogP) is 1.90. The number of nitrogens with one attached hydrogen (secondary N) is 1. The third-order valence-corrected chi connectivity index (χ3v) is 3.31. The lowest BCUT2D eigenvalue weighted by molar-refractivity contribution is -0.117. The van der Waals surface area contributed by atoms with Gasteiger partial charge in [0.05, 0.1) is 13.2 Å². The van der Waals surface area contributed by atoms with Gasteiger partial charge in [-0.05, 0) is 36.6 Å². The van der Waals surface area contributed by atoms with Crippen LogP contribution in [-0.2, 0) is 9.53 Å². The van der Waals surface area contributed by atoms with Crippen molar-refractivity contribution in [1.29, 1.82) is 5.26 Å². The maximum atomic E-state index is 12.0. The minimum absolute atomic E-state index is 0.0647. The van der Waals surface area contributed by atoms with E-state index in [1.807, 2.05) is 6.07 Å². The average Bonchev–Trinajstić information content (AvgIpc) is 3.04. The fourth-order valence-corrected chi connectivity index (χ4v) is 2.12. The molecule has 1 saturated heterocycles. The maximum absolute atomic E-state index is 12.0. The average molecular weight is 286 g/mol. The van der Waals surface area contributed by atoms with Crippen molar-refractivity contribution >= 4 is 12.0 Å². The van der Waals surface area contributed by atoms with Crippen molar-refractivity contribution < 1.29 is 14.3 Å². The van der Waals surface area contributed by atoms with Gasteiger partial charge < -0.3 is 14.8 Å². The van der Waals surface area contributed by atoms with Crippen molar-refractivity contribution in [3.8, 4) is 11.8 Å². The Balaban J connectivity index is 1.98. The topological polar surface area (TPSA) is 71.3 Å². The number of carbonyl (C=O) groups excluding carboxylic acids is 1. The van der Waals surface area contributed by atoms with E-state index in [1.54, 1.807) is 37.5 Å². The zero-order valence-corrected chi connectivity index (χ0v) is 12.0. The zero-order valence-electron chi connectivity index (χ0n) is 12.0. The number of hydrogen-bond donors (Lipinski definition) is 1. The molecule has 1 unspecified atom stereocenters. The molecule has 0 bridgehead atoms. The molecule has 0 aliphatic carbocycles. The molecule has 1 heterocycles. The monoisotopic (exact) mass is 286 g/mol. The lowest BCUT2D eigenvalue weighted by atomic mass is 10.1. The van der Waals surface area contributed by atoms with E-state index in [-0.39, 0.29) is 17.6 Å². The van der Waals surface area contributed by atoms with Gasteiger partial charge in [0.15, 0.2) is 0 Å². The number of nitrogens with zero attached hydrogens (tertiary/aromatic N) is 1. The van der Waals surface area contributed by atoms with Crippen molar-refractivity contribution in [1.82, 2.24) is 5.32 Å². The van der Waals surface area contributed by atoms with Gasteiger partial charge in [0, 0.05) is 13.2 Å². The Bertz CT molecular complexity index is 552. The van der Waals surface area contributed by atoms with Crippen molar-refractivity contribution in [2.45, 2.75) is 18.9 Å². The van der Waals surface area contributed by atoms with E-state index in [2.05, 4.69) is 5.32 Å². The highest BCUT2D eigenvalue weighted by Crippen LogP contribution is 2.14. The van der Waals surface area contributed by atoms with Crippen LogP contribution in [0.1, 0.15) is 18.4 Å². The highest BCUT2D eigenvalue weighted by molar-refractivity contribution is 6.01. The summed E-state index contributed by atoms with van der Waals surface area (Å²) in [4.78, 5) is 12.0. The van der Waals surface area contributed by atoms with Crippen LogP contribution in [-0.4, -0.2) is 32.3 Å². The van der Waals surface area contributed by atoms with Crippen molar-refractivity contribution in [3.63, 3.8) is 0 Å². The van der Waals surface area contributed by atoms with E-state index in [4.69, 9.17) is 14.7 Å². The number of amides is 1. The molecular formula is C16H18N2O3. The normalized spacial score (nSPS) is 18.1. The van der Waals surface area contributed by atoms with E-state index in [0.717, 1.165) is 30.8 Å². The number of hydrogen-bond acceptors (Lipinski definition) is 4. The Hall–Kier alpha value is -2.32. The lowest BCUT2D eigenvalue weighted by Gasteiger charge is -2.10. The Morgan fingerprint density at radius 1 is 1.52 bits per heavy atom. The Morgan fingerprint density at radius 3 is 2.86 bits per heavy atom. The van der Waals surface area contributed by atoms with E-state index in [1.165, 1.54) is 0 Å². The smallest absolute Gasteiger partial charge is 0.262 e. The molecule has 5 nitrogen and oxygen atoms in total. The first-order valence-corrected chi connectivity index (χ1v) is 6.88. The maximum Gasteiger partial charge on any atom is 0.262 e. The summed E-state index contributed by atoms with van der Waals surface area (Å²) >= 11 is 0. The molecule has 0 saturated carbocycles. The first-order valence-electron chi connectivity index (χ1n) is 6.88. The summed E-state index contributed by atoms with van der Waals surface area (Å²) in [6.45, 7) is 1.19. The van der Waals surface area contributed by atoms with Gasteiger partial charge in [0.2, 0.25) is 0 Å². The molecule has 1 amide bonds. The second-order valence-corrected chi connectivity index (χ2v) is 4.79. The second-order valence-electron chi connectivity index (χ2n) is 4.79. The Kier molecular flexibility index (Phi) is 5.35. The molecule has 1 N–H and O–H groups in total. The van der Waals surface area contributed by atoms with Crippen LogP contribution >= 0.6 is 0 Å². The largest absolute Gasteiger partial charge is 0.497 e. The molecule has 0 aromatic heterocycles. The molecule has 1 aromatic carbocycles. The predicted molar refractivity (Wildman–Crippen MR) is 78.6 cm³/mol. The van der Waals surface area contributed by atoms with Gasteiger partial charge in [-0.2, -0.15) is 5.26 Å². The summed E-state index contributed by atoms with van der Waals surface area (Å²) in [7, 11) is 1.59. The Labute approximate surface area is 124 Å². The fraction of sp³-hybridized carbons (Fsp3) is 0.375. The SMILES string of the molecule is COc1ccc(/C=C(/C#N)C(=O)NCC2CCCO2)cc1. The van der Waals surface area contributed by atoms with E-state index >= 15 is 0 Å². The van der Waals surface area contributed by atoms with Crippen molar-refractivity contribution in [3.05, 3.63) is 35.4 Å². The molecule has 1 aliphatic heterocycles. The minimum Gasteiger partial charge on any atom is -0.497 e. The summed E-state index contributed by atoms with van der Waals surface area (Å²) in [5, 5.41) is 11.9. The van der Waals surface area contributed by atoms with Crippen molar-refractivity contribution in [2.24, 2.45) is 0 Å². The first kappa shape index (κ1) is 15.1. The summed E-state index contributed by atoms with van der Waals surface area (Å²) in [5.74, 6) is 0.359. The van der Waals surface area contributed by atoms with Gasteiger partial charge in [-0.3, -0.25) is 4.79 Å². The fourth-order valence-electron chi connectivity index (χ4n) is 2.12. The van der Waals surface area contributed by atoms with Crippen LogP contribution in [0, 0.1) is 11.3 Å². The van der Waals surface area contributed by atoms with Gasteiger partial charge in [-0.1, -0.05) is 12.1 Å². The standard InChI is InChI=1S/C16H18N2O3/c1-20-14-6-4-12(5-7-14)9-13(10-17)16(19)18-11-15-3-2-8-21-15/h4-7,9,15H,2-3,8,11H2,1H3,(H,18,19)/b13-9-. The molecular weight excluding hydrogens is 268 g/mol. The number of benzene rings is 1. The van der Waals surface area contributed by atoms with E-state index in [0.29, 0.717) is 6.54 Å². The molecule has 0 spiro atoms. The van der Waals surface area contributed by atoms with Gasteiger partial charge in [0.25, 0.3) is 5.91 Å². The van der Waals surface area contributed by atoms with Gasteiger partial charge >= 0.3 is 0 Å². The highest BCUT2D eigenvalue weighted by Gasteiger charge is 2.17. The number of rotatable bonds is 5. The molecule has 110 valence electrons. The van der Waals surface area contributed by atoms with Crippen LogP contribution in [0.3, 0.4) is 0 Å². The molecule has 1 aliphatic rings. The molecule has 1 atom stereocenters. The summed E-state index contributed by atoms with van der Waals surface area (Å²) in [5.41, 5.74) is 0.859. The molecule has 21 heavy (non-hydrogen) atoms. The van der Waals surface area contributed by atoms with Crippen LogP contribution in [0.5, 0.6) is 5.75 Å². The first-order chi connectivity index (χ1) is 10.2. The number of ether oxygens (including phenoxy) is 2. The quantitative estimate of drug-likeness (QED) is 0.663. The third-order valence-electron chi connectivity index (χ3n) is 3.31. The number of nitriles is 1. The zero-order chi connectivity index (χ0) is 15.1. The molecule has 1 aromatic rings. The highest BCUT2D eigenvalue weighted by atomic mass is 16.5. The molecule has 2 rings (SSSR count). The lowest BCUT2D eigenvalue weighted by Crippen LogP contribution is -2.32. The minimum atomic E-state index is -0.371. The van der Waals surface area contributed by atoms with Gasteiger partial charge in [-0.25, -0.2) is 0 Å². The number of carbonyl (C=O) groups is 1. The van der Waals surface area contributed by atoms with Crippen LogP contribution in [0.4, 0.5) is 0 Å². The summed E-state index contributed by atoms with van der Waals surface area (Å²) in [6, 6.07) is 9.09.